The molecule has 0 bridgehead atoms. The molecule has 0 amide bonds. The molecule has 0 aromatic heterocycles. The van der Waals surface area contributed by atoms with Crippen LogP contribution in [0.15, 0.2) is 24.3 Å². The first-order valence-corrected chi connectivity index (χ1v) is 7.88. The smallest absolute Gasteiger partial charge is 0.336 e. The minimum absolute atomic E-state index is 0.0685. The third kappa shape index (κ3) is 2.48. The van der Waals surface area contributed by atoms with Gasteiger partial charge >= 0.3 is 5.97 Å². The van der Waals surface area contributed by atoms with Gasteiger partial charge in [0.15, 0.2) is 28.7 Å². The van der Waals surface area contributed by atoms with E-state index in [1.54, 1.807) is 12.1 Å². The van der Waals surface area contributed by atoms with Gasteiger partial charge in [0.05, 0.1) is 25.2 Å². The number of aromatic carboxylic acids is 1. The fourth-order valence-electron chi connectivity index (χ4n) is 3.37. The average molecular weight is 373 g/mol. The van der Waals surface area contributed by atoms with Gasteiger partial charge in [0.25, 0.3) is 0 Å². The third-order valence-electron chi connectivity index (χ3n) is 4.52. The number of nitrogens with one attached hydrogen (secondary N) is 1. The van der Waals surface area contributed by atoms with Crippen LogP contribution in [0.1, 0.15) is 10.4 Å². The van der Waals surface area contributed by atoms with E-state index in [2.05, 4.69) is 0 Å². The standard InChI is InChI=1S/C18H15NO8/c1-24-12-4-8-3-11(19(22)23)15-10(18(20)21)6-14-17(27-7-26-14)16(15)9(8)5-13(12)25-2/h3-6,19,22H,7H2,1-2H3,(H,20,21). The highest BCUT2D eigenvalue weighted by molar-refractivity contribution is 6.21. The van der Waals surface area contributed by atoms with Crippen molar-refractivity contribution in [2.24, 2.45) is 0 Å². The second-order valence-corrected chi connectivity index (χ2v) is 5.87. The van der Waals surface area contributed by atoms with Gasteiger partial charge in [-0.2, -0.15) is 5.23 Å². The maximum Gasteiger partial charge on any atom is 0.336 e. The Morgan fingerprint density at radius 1 is 1.11 bits per heavy atom. The maximum absolute atomic E-state index is 11.9. The lowest BCUT2D eigenvalue weighted by molar-refractivity contribution is -0.990. The van der Waals surface area contributed by atoms with E-state index in [0.29, 0.717) is 33.4 Å². The summed E-state index contributed by atoms with van der Waals surface area (Å²) in [6, 6.07) is 5.99. The van der Waals surface area contributed by atoms with Crippen LogP contribution >= 0.6 is 0 Å². The zero-order valence-corrected chi connectivity index (χ0v) is 14.4. The number of carboxylic acids is 1. The molecule has 9 heteroatoms. The summed E-state index contributed by atoms with van der Waals surface area (Å²) in [5.74, 6) is 0.126. The molecule has 1 aliphatic heterocycles. The Morgan fingerprint density at radius 3 is 2.44 bits per heavy atom. The largest absolute Gasteiger partial charge is 0.595 e. The fraction of sp³-hybridized carbons (Fsp3) is 0.167. The molecule has 1 unspecified atom stereocenters. The molecule has 1 atom stereocenters. The van der Waals surface area contributed by atoms with Crippen molar-refractivity contribution in [3.8, 4) is 23.0 Å². The minimum Gasteiger partial charge on any atom is -0.595 e. The Hall–Kier alpha value is -3.27. The van der Waals surface area contributed by atoms with Crippen molar-refractivity contribution in [3.05, 3.63) is 35.0 Å². The first kappa shape index (κ1) is 17.2. The van der Waals surface area contributed by atoms with E-state index in [4.69, 9.17) is 18.9 Å². The van der Waals surface area contributed by atoms with E-state index in [1.807, 2.05) is 0 Å². The topological polar surface area (TPSA) is 122 Å². The van der Waals surface area contributed by atoms with Gasteiger partial charge in [-0.3, -0.25) is 0 Å². The van der Waals surface area contributed by atoms with Crippen LogP contribution in [0.25, 0.3) is 21.5 Å². The number of carbonyl (C=O) groups is 1. The first-order valence-electron chi connectivity index (χ1n) is 7.88. The van der Waals surface area contributed by atoms with E-state index in [1.165, 1.54) is 26.4 Å². The number of benzene rings is 3. The summed E-state index contributed by atoms with van der Waals surface area (Å²) in [5.41, 5.74) is -0.330. The van der Waals surface area contributed by atoms with Gasteiger partial charge < -0.3 is 29.3 Å². The molecule has 9 nitrogen and oxygen atoms in total. The van der Waals surface area contributed by atoms with Gasteiger partial charge in [0.2, 0.25) is 6.79 Å². The number of hydrogen-bond acceptors (Lipinski definition) is 7. The average Bonchev–Trinajstić information content (AvgIpc) is 3.13. The molecule has 3 N–H and O–H groups in total. The Balaban J connectivity index is 2.28. The van der Waals surface area contributed by atoms with Crippen LogP contribution in [-0.2, 0) is 0 Å². The number of fused-ring (bicyclic) bond motifs is 5. The highest BCUT2D eigenvalue weighted by Crippen LogP contribution is 2.48. The number of methoxy groups -OCH3 is 2. The molecule has 27 heavy (non-hydrogen) atoms. The van der Waals surface area contributed by atoms with E-state index in [-0.39, 0.29) is 29.2 Å². The van der Waals surface area contributed by atoms with Crippen LogP contribution in [0.4, 0.5) is 5.69 Å². The summed E-state index contributed by atoms with van der Waals surface area (Å²) in [6.07, 6.45) is 0. The molecule has 0 saturated carbocycles. The van der Waals surface area contributed by atoms with Crippen molar-refractivity contribution in [2.45, 2.75) is 0 Å². The monoisotopic (exact) mass is 373 g/mol. The Bertz CT molecular complexity index is 1090. The van der Waals surface area contributed by atoms with Crippen LogP contribution in [0, 0.1) is 5.21 Å². The molecule has 0 fully saturated rings. The van der Waals surface area contributed by atoms with Gasteiger partial charge in [0.1, 0.15) is 0 Å². The summed E-state index contributed by atoms with van der Waals surface area (Å²) in [7, 11) is 2.95. The lowest BCUT2D eigenvalue weighted by atomic mass is 9.95. The van der Waals surface area contributed by atoms with Crippen LogP contribution in [0.3, 0.4) is 0 Å². The predicted molar refractivity (Wildman–Crippen MR) is 93.4 cm³/mol. The van der Waals surface area contributed by atoms with Crippen molar-refractivity contribution < 1.29 is 39.3 Å². The lowest BCUT2D eigenvalue weighted by Crippen LogP contribution is -2.99. The molecule has 0 aliphatic carbocycles. The van der Waals surface area contributed by atoms with Gasteiger partial charge in [-0.25, -0.2) is 10.0 Å². The highest BCUT2D eigenvalue weighted by Gasteiger charge is 2.28. The van der Waals surface area contributed by atoms with E-state index in [0.717, 1.165) is 0 Å². The normalized spacial score (nSPS) is 13.8. The maximum atomic E-state index is 11.9. The molecule has 0 radical (unpaired) electrons. The van der Waals surface area contributed by atoms with Crippen molar-refractivity contribution in [1.29, 1.82) is 0 Å². The second kappa shape index (κ2) is 6.16. The van der Waals surface area contributed by atoms with Crippen LogP contribution < -0.4 is 24.2 Å². The van der Waals surface area contributed by atoms with Gasteiger partial charge in [0, 0.05) is 11.5 Å². The van der Waals surface area contributed by atoms with Crippen LogP contribution in [0.5, 0.6) is 23.0 Å². The number of hydrogen-bond donors (Lipinski definition) is 3. The number of quaternary nitrogens is 1. The van der Waals surface area contributed by atoms with Crippen molar-refractivity contribution in [3.63, 3.8) is 0 Å². The third-order valence-corrected chi connectivity index (χ3v) is 4.52. The lowest BCUT2D eigenvalue weighted by Gasteiger charge is -2.19. The molecule has 3 aromatic carbocycles. The molecule has 1 heterocycles. The molecule has 4 rings (SSSR count). The molecule has 0 saturated heterocycles. The first-order chi connectivity index (χ1) is 13.0. The van der Waals surface area contributed by atoms with Crippen molar-refractivity contribution in [1.82, 2.24) is 0 Å². The molecule has 140 valence electrons. The van der Waals surface area contributed by atoms with Crippen LogP contribution in [-0.4, -0.2) is 37.3 Å². The Kier molecular flexibility index (Phi) is 3.92. The Morgan fingerprint density at radius 2 is 1.81 bits per heavy atom. The molecule has 1 aliphatic rings. The second-order valence-electron chi connectivity index (χ2n) is 5.87. The minimum atomic E-state index is -1.26. The van der Waals surface area contributed by atoms with Gasteiger partial charge in [-0.15, -0.1) is 0 Å². The molecule has 0 spiro atoms. The predicted octanol–water partition coefficient (Wildman–Crippen LogP) is 1.84. The summed E-state index contributed by atoms with van der Waals surface area (Å²) in [5, 5.41) is 31.5. The highest BCUT2D eigenvalue weighted by atomic mass is 16.8. The van der Waals surface area contributed by atoms with Gasteiger partial charge in [-0.05, 0) is 29.0 Å². The molecule has 3 aromatic rings. The zero-order chi connectivity index (χ0) is 19.3. The number of carboxylic acid groups (broad SMARTS) is 1. The van der Waals surface area contributed by atoms with Crippen molar-refractivity contribution >= 4 is 33.2 Å². The van der Waals surface area contributed by atoms with E-state index < -0.39 is 11.2 Å². The van der Waals surface area contributed by atoms with Crippen molar-refractivity contribution in [2.75, 3.05) is 21.0 Å². The van der Waals surface area contributed by atoms with Gasteiger partial charge in [-0.1, -0.05) is 0 Å². The number of rotatable bonds is 4. The summed E-state index contributed by atoms with van der Waals surface area (Å²) >= 11 is 0. The molecular formula is C18H15NO8. The summed E-state index contributed by atoms with van der Waals surface area (Å²) in [6.45, 7) is -0.0837. The van der Waals surface area contributed by atoms with Crippen LogP contribution in [0.2, 0.25) is 0 Å². The Labute approximate surface area is 152 Å². The summed E-state index contributed by atoms with van der Waals surface area (Å²) < 4.78 is 21.5. The fourth-order valence-corrected chi connectivity index (χ4v) is 3.37. The SMILES string of the molecule is COc1cc2cc([NH+]([O-])O)c3c(C(=O)O)cc4c(c3c2cc1OC)OCO4. The zero-order valence-electron chi connectivity index (χ0n) is 14.4. The van der Waals surface area contributed by atoms with E-state index in [9.17, 15) is 20.3 Å². The summed E-state index contributed by atoms with van der Waals surface area (Å²) in [4.78, 5) is 11.8. The quantitative estimate of drug-likeness (QED) is 0.468. The number of ether oxygens (including phenoxy) is 4. The molecular weight excluding hydrogens is 358 g/mol. The van der Waals surface area contributed by atoms with E-state index >= 15 is 0 Å².